The summed E-state index contributed by atoms with van der Waals surface area (Å²) >= 11 is 0. The Morgan fingerprint density at radius 3 is 2.39 bits per heavy atom. The first-order chi connectivity index (χ1) is 28.9. The second-order valence-corrected chi connectivity index (χ2v) is 16.0. The lowest BCUT2D eigenvalue weighted by molar-refractivity contribution is -0.249. The highest BCUT2D eigenvalue weighted by Gasteiger charge is 2.50. The molecule has 3 aromatic rings. The molecule has 0 bridgehead atoms. The van der Waals surface area contributed by atoms with Crippen LogP contribution in [-0.2, 0) is 30.2 Å². The summed E-state index contributed by atoms with van der Waals surface area (Å²) < 4.78 is 23.8. The molecule has 2 heterocycles. The molecule has 4 aliphatic rings. The Labute approximate surface area is 347 Å². The van der Waals surface area contributed by atoms with Crippen LogP contribution in [0, 0.1) is 5.41 Å². The molecule has 1 saturated heterocycles. The number of ether oxygens (including phenoxy) is 4. The van der Waals surface area contributed by atoms with Gasteiger partial charge < -0.3 is 64.8 Å². The Hall–Kier alpha value is -5.99. The average molecular weight is 851 g/mol. The number of ketones is 3. The van der Waals surface area contributed by atoms with E-state index in [0.717, 1.165) is 12.1 Å². The van der Waals surface area contributed by atoms with E-state index in [-0.39, 0.29) is 40.8 Å². The van der Waals surface area contributed by atoms with E-state index < -0.39 is 131 Å². The van der Waals surface area contributed by atoms with Crippen LogP contribution in [0.15, 0.2) is 42.5 Å². The Kier molecular flexibility index (Phi) is 11.6. The van der Waals surface area contributed by atoms with Gasteiger partial charge in [-0.05, 0) is 51.7 Å². The Morgan fingerprint density at radius 1 is 1.00 bits per heavy atom. The van der Waals surface area contributed by atoms with Gasteiger partial charge in [0.25, 0.3) is 0 Å². The van der Waals surface area contributed by atoms with Gasteiger partial charge >= 0.3 is 12.1 Å². The number of alkyl carbamates (subject to hydrolysis) is 1. The van der Waals surface area contributed by atoms with E-state index in [0.29, 0.717) is 24.0 Å². The van der Waals surface area contributed by atoms with Crippen molar-refractivity contribution in [1.82, 2.24) is 10.0 Å². The number of aliphatic hydroxyl groups excluding tert-OH is 2. The maximum Gasteiger partial charge on any atom is 0.408 e. The molecule has 8 atom stereocenters. The second kappa shape index (κ2) is 16.5. The van der Waals surface area contributed by atoms with Gasteiger partial charge in [-0.2, -0.15) is 0 Å². The molecule has 8 N–H and O–H groups in total. The zero-order valence-electron chi connectivity index (χ0n) is 33.3. The molecule has 7 rings (SSSR count). The Bertz CT molecular complexity index is 2300. The van der Waals surface area contributed by atoms with Crippen LogP contribution in [0.1, 0.15) is 101 Å². The van der Waals surface area contributed by atoms with Gasteiger partial charge in [0.2, 0.25) is 17.5 Å². The molecule has 0 saturated carbocycles. The number of hydrogen-bond donors (Lipinski definition) is 8. The number of Topliss-reactive ketones (excluding diaryl/α,β-unsaturated/α-hetero) is 1. The fourth-order valence-corrected chi connectivity index (χ4v) is 8.53. The summed E-state index contributed by atoms with van der Waals surface area (Å²) in [6, 6.07) is 5.54. The smallest absolute Gasteiger partial charge is 0.408 e. The first kappa shape index (κ1) is 43.1. The van der Waals surface area contributed by atoms with Crippen molar-refractivity contribution >= 4 is 29.4 Å². The summed E-state index contributed by atoms with van der Waals surface area (Å²) in [4.78, 5) is 72.3. The number of nitrogens with zero attached hydrogens (tertiary/aromatic N) is 1. The maximum absolute atomic E-state index is 14.0. The first-order valence-electron chi connectivity index (χ1n) is 19.6. The molecular weight excluding hydrogens is 804 g/mol. The van der Waals surface area contributed by atoms with Gasteiger partial charge in [0, 0.05) is 48.1 Å². The predicted molar refractivity (Wildman–Crippen MR) is 206 cm³/mol. The predicted octanol–water partition coefficient (Wildman–Crippen LogP) is 2.14. The second-order valence-electron chi connectivity index (χ2n) is 16.0. The highest BCUT2D eigenvalue weighted by atomic mass is 16.7. The van der Waals surface area contributed by atoms with E-state index in [1.165, 1.54) is 32.2 Å². The van der Waals surface area contributed by atoms with E-state index in [2.05, 4.69) is 5.32 Å². The van der Waals surface area contributed by atoms with E-state index >= 15 is 0 Å². The van der Waals surface area contributed by atoms with Crippen LogP contribution >= 0.6 is 0 Å². The molecule has 3 aliphatic carbocycles. The lowest BCUT2D eigenvalue weighted by Crippen LogP contribution is -2.56. The molecule has 19 heteroatoms. The van der Waals surface area contributed by atoms with Crippen LogP contribution in [0.5, 0.6) is 29.0 Å². The third-order valence-electron chi connectivity index (χ3n) is 11.9. The van der Waals surface area contributed by atoms with Crippen molar-refractivity contribution in [2.75, 3.05) is 13.7 Å². The quantitative estimate of drug-likeness (QED) is 0.0884. The number of fused-ring (bicyclic) bond motifs is 3. The van der Waals surface area contributed by atoms with Crippen molar-refractivity contribution in [3.8, 4) is 29.0 Å². The summed E-state index contributed by atoms with van der Waals surface area (Å²) in [7, 11) is 1.29. The van der Waals surface area contributed by atoms with Crippen LogP contribution in [0.25, 0.3) is 0 Å². The average Bonchev–Trinajstić information content (AvgIpc) is 3.53. The third kappa shape index (κ3) is 7.78. The number of phenolic OH excluding ortho intramolecular Hbond substituents is 2. The van der Waals surface area contributed by atoms with Gasteiger partial charge in [-0.1, -0.05) is 18.2 Å². The highest BCUT2D eigenvalue weighted by molar-refractivity contribution is 6.31. The van der Waals surface area contributed by atoms with Crippen molar-refractivity contribution < 1.29 is 83.5 Å². The molecular formula is C42H46N2O17. The molecule has 0 spiro atoms. The van der Waals surface area contributed by atoms with E-state index in [1.807, 2.05) is 0 Å². The van der Waals surface area contributed by atoms with Crippen LogP contribution in [0.2, 0.25) is 0 Å². The lowest BCUT2D eigenvalue weighted by atomic mass is 9.72. The molecule has 1 amide bonds. The monoisotopic (exact) mass is 850 g/mol. The topological polar surface area (TPSA) is 290 Å². The number of methoxy groups -OCH3 is 1. The largest absolute Gasteiger partial charge is 0.507 e. The molecule has 1 aliphatic heterocycles. The number of hydrogen-bond acceptors (Lipinski definition) is 17. The minimum atomic E-state index is -2.38. The first-order valence-corrected chi connectivity index (χ1v) is 19.6. The number of carbonyl (C=O) groups excluding carboxylic acids is 5. The fourth-order valence-electron chi connectivity index (χ4n) is 8.53. The summed E-state index contributed by atoms with van der Waals surface area (Å²) in [5.41, 5.74) is -5.29. The Balaban J connectivity index is 1.09. The highest BCUT2D eigenvalue weighted by Crippen LogP contribution is 2.52. The lowest BCUT2D eigenvalue weighted by Gasteiger charge is -2.42. The van der Waals surface area contributed by atoms with Gasteiger partial charge in [-0.15, -0.1) is 4.73 Å². The molecule has 4 unspecified atom stereocenters. The molecule has 0 radical (unpaired) electrons. The number of carbonyl (C=O) groups is 5. The van der Waals surface area contributed by atoms with Gasteiger partial charge in [0.05, 0.1) is 47.5 Å². The van der Waals surface area contributed by atoms with Crippen molar-refractivity contribution in [2.45, 2.75) is 101 Å². The van der Waals surface area contributed by atoms with Crippen molar-refractivity contribution in [3.05, 3.63) is 75.9 Å². The van der Waals surface area contributed by atoms with Crippen molar-refractivity contribution in [3.63, 3.8) is 0 Å². The fraction of sp³-hybridized carbons (Fsp3) is 0.452. The van der Waals surface area contributed by atoms with E-state index in [4.69, 9.17) is 23.8 Å². The number of nitrogens with one attached hydrogen (secondary N) is 1. The molecule has 19 nitrogen and oxygen atoms in total. The van der Waals surface area contributed by atoms with E-state index in [9.17, 15) is 59.7 Å². The van der Waals surface area contributed by atoms with Crippen molar-refractivity contribution in [1.29, 1.82) is 0 Å². The molecule has 1 fully saturated rings. The maximum atomic E-state index is 14.0. The zero-order chi connectivity index (χ0) is 44.1. The van der Waals surface area contributed by atoms with Gasteiger partial charge in [0.15, 0.2) is 17.9 Å². The van der Waals surface area contributed by atoms with Crippen LogP contribution < -0.4 is 14.9 Å². The SMILES string of the molecule is COc1cccc2c1C(=O)c1c(O)c3c(c(O)c1C2=O)C[C@@](O)(C(=O)CO)C[C@@H]3OC1C[C@@H](NC(=O)OC2C=CCC(C)(C(=O)On3c(O)ccc3O)CCC2)[C@H](O)C(C)O1. The number of aromatic hydroxyl groups is 4. The van der Waals surface area contributed by atoms with Crippen molar-refractivity contribution in [2.24, 2.45) is 5.41 Å². The molecule has 1 aromatic heterocycles. The number of aromatic nitrogens is 1. The number of aliphatic hydroxyl groups is 3. The van der Waals surface area contributed by atoms with Gasteiger partial charge in [0.1, 0.15) is 41.7 Å². The third-order valence-corrected chi connectivity index (χ3v) is 11.9. The van der Waals surface area contributed by atoms with Gasteiger partial charge in [-0.25, -0.2) is 9.59 Å². The van der Waals surface area contributed by atoms with Crippen LogP contribution in [0.4, 0.5) is 4.79 Å². The standard InChI is InChI=1S/C42H46N2O17/c1-19-34(49)23(43-40(55)59-20-7-5-13-41(2,14-6-8-20)39(54)61-44-27(47)11-12-28(44)48)15-29(58-19)60-25-17-42(56,26(46)18-45)16-22-31(25)38(53)33-32(36(22)51)35(50)21-9-4-10-24(57-3)30(21)37(33)52/h4-5,7,9-12,19-20,23,25,29,34,45,47-49,51,53,56H,6,8,13-18H2,1-3H3,(H,43,55)/t19?,20?,23-,25+,29?,34-,41?,42+/m1/s1. The zero-order valence-corrected chi connectivity index (χ0v) is 33.3. The normalized spacial score (nSPS) is 28.4. The summed E-state index contributed by atoms with van der Waals surface area (Å²) in [6.45, 7) is 2.06. The minimum absolute atomic E-state index is 0.0404. The minimum Gasteiger partial charge on any atom is -0.507 e. The van der Waals surface area contributed by atoms with Crippen LogP contribution in [0.3, 0.4) is 0 Å². The van der Waals surface area contributed by atoms with Crippen LogP contribution in [-0.4, -0.2) is 120 Å². The number of allylic oxidation sites excluding steroid dienone is 1. The van der Waals surface area contributed by atoms with E-state index in [1.54, 1.807) is 19.1 Å². The molecule has 61 heavy (non-hydrogen) atoms. The number of phenols is 2. The summed E-state index contributed by atoms with van der Waals surface area (Å²) in [5, 5.41) is 78.2. The molecule has 326 valence electrons. The number of rotatable bonds is 9. The summed E-state index contributed by atoms with van der Waals surface area (Å²) in [6.07, 6.45) is -3.84. The Morgan fingerprint density at radius 2 is 1.70 bits per heavy atom. The number of benzene rings is 2. The van der Waals surface area contributed by atoms with Gasteiger partial charge in [-0.3, -0.25) is 14.4 Å². The number of amides is 1. The molecule has 2 aromatic carbocycles. The summed E-state index contributed by atoms with van der Waals surface area (Å²) in [5.74, 6) is -5.84.